The number of fused-ring (bicyclic) bond motifs is 1. The summed E-state index contributed by atoms with van der Waals surface area (Å²) in [7, 11) is 1.62. The minimum Gasteiger partial charge on any atom is -0.500 e. The summed E-state index contributed by atoms with van der Waals surface area (Å²) in [5.41, 5.74) is 9.06. The van der Waals surface area contributed by atoms with E-state index < -0.39 is 0 Å². The number of hydrogen-bond acceptors (Lipinski definition) is 9. The van der Waals surface area contributed by atoms with Crippen molar-refractivity contribution in [3.8, 4) is 23.0 Å². The summed E-state index contributed by atoms with van der Waals surface area (Å²) in [6.45, 7) is 27.9. The maximum atomic E-state index is 6.19. The maximum Gasteiger partial charge on any atom is 0.166 e. The number of hydrazone groups is 1. The zero-order valence-electron chi connectivity index (χ0n) is 46.2. The predicted octanol–water partition coefficient (Wildman–Crippen LogP) is 17.6. The lowest BCUT2D eigenvalue weighted by Gasteiger charge is -2.22. The van der Waals surface area contributed by atoms with Gasteiger partial charge in [0.25, 0.3) is 0 Å². The number of aromatic nitrogens is 2. The van der Waals surface area contributed by atoms with E-state index >= 15 is 0 Å². The summed E-state index contributed by atoms with van der Waals surface area (Å²) in [4.78, 5) is 21.9. The van der Waals surface area contributed by atoms with Gasteiger partial charge in [-0.15, -0.1) is 0 Å². The Labute approximate surface area is 462 Å². The second kappa shape index (κ2) is 32.6. The number of hydrogen-bond donors (Lipinski definition) is 2. The van der Waals surface area contributed by atoms with Gasteiger partial charge in [-0.25, -0.2) is 25.0 Å². The first-order valence-corrected chi connectivity index (χ1v) is 27.1. The molecule has 6 aromatic rings. The normalized spacial score (nSPS) is 16.3. The van der Waals surface area contributed by atoms with E-state index in [9.17, 15) is 0 Å². The molecular formula is C62H76ClN9O3S. The highest BCUT2D eigenvalue weighted by atomic mass is 35.5. The number of H-pyrrole nitrogens is 1. The molecule has 12 nitrogen and oxygen atoms in total. The maximum absolute atomic E-state index is 6.19. The van der Waals surface area contributed by atoms with Gasteiger partial charge in [0.05, 0.1) is 34.9 Å². The number of pyridine rings is 1. The van der Waals surface area contributed by atoms with Crippen molar-refractivity contribution in [1.29, 1.82) is 0 Å². The second-order valence-corrected chi connectivity index (χ2v) is 17.5. The zero-order chi connectivity index (χ0) is 55.4. The van der Waals surface area contributed by atoms with Crippen molar-refractivity contribution < 1.29 is 14.2 Å². The molecule has 2 fully saturated rings. The Hall–Kier alpha value is -7.61. The fraction of sp³-hybridized carbons (Fsp3) is 0.290. The molecule has 0 bridgehead atoms. The number of nitrogens with zero attached hydrogens (tertiary/aromatic N) is 7. The number of rotatable bonds is 12. The monoisotopic (exact) mass is 1060 g/mol. The van der Waals surface area contributed by atoms with Gasteiger partial charge < -0.3 is 19.2 Å². The Bertz CT molecular complexity index is 2990. The van der Waals surface area contributed by atoms with Crippen LogP contribution in [0.4, 0.5) is 11.4 Å². The number of para-hydroxylation sites is 2. The van der Waals surface area contributed by atoms with Crippen molar-refractivity contribution in [3.63, 3.8) is 0 Å². The topological polar surface area (TPSA) is 124 Å². The molecule has 1 saturated heterocycles. The van der Waals surface area contributed by atoms with Crippen LogP contribution in [0.3, 0.4) is 0 Å². The van der Waals surface area contributed by atoms with Crippen LogP contribution in [0.2, 0.25) is 0 Å². The quantitative estimate of drug-likeness (QED) is 0.0537. The van der Waals surface area contributed by atoms with Crippen LogP contribution in [0, 0.1) is 0 Å². The Morgan fingerprint density at radius 3 is 2.08 bits per heavy atom. The molecule has 0 atom stereocenters. The Morgan fingerprint density at radius 2 is 1.45 bits per heavy atom. The summed E-state index contributed by atoms with van der Waals surface area (Å²) in [6, 6.07) is 37.1. The lowest BCUT2D eigenvalue weighted by Crippen LogP contribution is -2.35. The number of amidine groups is 3. The largest absolute Gasteiger partial charge is 0.500 e. The number of halogens is 1. The zero-order valence-corrected chi connectivity index (χ0v) is 47.8. The van der Waals surface area contributed by atoms with Crippen molar-refractivity contribution >= 4 is 74.2 Å². The minimum atomic E-state index is 0.234. The SMILES string of the molecule is C=C(Cl)/N=C1\C(=C/C)C(C(=S)c2cccc(Oc3ccccc3)c2)=NN1C1CCCC1.C=CN=C1/C(=C(\C)OC)C(=Nc2cccc(Oc3cccc4cc[nH]c34)c2)NN1c1ccncc1.CC.CC.CCC.CCC. The van der Waals surface area contributed by atoms with Gasteiger partial charge in [-0.2, -0.15) is 5.10 Å². The first-order chi connectivity index (χ1) is 37.1. The molecular weight excluding hydrogens is 986 g/mol. The summed E-state index contributed by atoms with van der Waals surface area (Å²) in [5, 5.41) is 10.1. The van der Waals surface area contributed by atoms with Gasteiger partial charge in [0, 0.05) is 41.8 Å². The molecule has 76 heavy (non-hydrogen) atoms. The van der Waals surface area contributed by atoms with Gasteiger partial charge in [-0.1, -0.05) is 173 Å². The lowest BCUT2D eigenvalue weighted by atomic mass is 10.0. The molecule has 0 unspecified atom stereocenters. The van der Waals surface area contributed by atoms with E-state index in [0.29, 0.717) is 39.8 Å². The van der Waals surface area contributed by atoms with Gasteiger partial charge in [-0.3, -0.25) is 10.4 Å². The second-order valence-electron chi connectivity index (χ2n) is 16.6. The number of allylic oxidation sites excluding steroid dienone is 2. The van der Waals surface area contributed by atoms with Gasteiger partial charge in [0.1, 0.15) is 39.4 Å². The molecule has 0 amide bonds. The molecule has 3 aliphatic rings. The van der Waals surface area contributed by atoms with Gasteiger partial charge in [-0.05, 0) is 92.9 Å². The summed E-state index contributed by atoms with van der Waals surface area (Å²) < 4.78 is 17.7. The molecule has 2 N–H and O–H groups in total. The number of hydrazine groups is 1. The number of aliphatic imine (C=N–C) groups is 3. The average molecular weight is 1060 g/mol. The fourth-order valence-electron chi connectivity index (χ4n) is 7.81. The van der Waals surface area contributed by atoms with E-state index in [-0.39, 0.29) is 5.16 Å². The summed E-state index contributed by atoms with van der Waals surface area (Å²) >= 11 is 11.9. The van der Waals surface area contributed by atoms with Crippen LogP contribution in [0.1, 0.15) is 113 Å². The number of anilines is 1. The molecule has 0 spiro atoms. The van der Waals surface area contributed by atoms with E-state index in [1.165, 1.54) is 31.9 Å². The van der Waals surface area contributed by atoms with Crippen molar-refractivity contribution in [1.82, 2.24) is 20.4 Å². The predicted molar refractivity (Wildman–Crippen MR) is 326 cm³/mol. The van der Waals surface area contributed by atoms with Crippen LogP contribution in [-0.2, 0) is 4.74 Å². The Balaban J connectivity index is 0.000000283. The van der Waals surface area contributed by atoms with Crippen LogP contribution >= 0.6 is 23.8 Å². The molecule has 1 saturated carbocycles. The van der Waals surface area contributed by atoms with Crippen molar-refractivity contribution in [2.75, 3.05) is 12.1 Å². The molecule has 0 radical (unpaired) electrons. The molecule has 4 heterocycles. The third kappa shape index (κ3) is 16.7. The number of nitrogens with one attached hydrogen (secondary N) is 2. The van der Waals surface area contributed by atoms with E-state index in [2.05, 4.69) is 66.2 Å². The number of thiocarbonyl (C=S) groups is 1. The molecule has 14 heteroatoms. The third-order valence-electron chi connectivity index (χ3n) is 10.9. The van der Waals surface area contributed by atoms with Crippen LogP contribution in [0.25, 0.3) is 10.9 Å². The van der Waals surface area contributed by atoms with E-state index in [1.54, 1.807) is 19.5 Å². The molecule has 1 aliphatic carbocycles. The molecule has 400 valence electrons. The van der Waals surface area contributed by atoms with Crippen LogP contribution in [0.15, 0.2) is 201 Å². The van der Waals surface area contributed by atoms with Gasteiger partial charge in [0.15, 0.2) is 23.3 Å². The summed E-state index contributed by atoms with van der Waals surface area (Å²) in [5.74, 6) is 5.52. The fourth-order valence-corrected chi connectivity index (χ4v) is 8.16. The van der Waals surface area contributed by atoms with Crippen LogP contribution in [0.5, 0.6) is 23.0 Å². The number of methoxy groups -OCH3 is 1. The standard InChI is InChI=1S/C27H24N6O2.C25H24ClN3OS.2C3H8.2C2H6/c1-4-29-27-24(18(2)34-3)26(32-33(27)21-12-14-28-15-13-21)31-20-8-6-9-22(17-20)35-23-10-5-7-19-11-16-30-25(19)23;1-3-22-23(28-29(19-11-7-8-12-19)25(22)27-17(2)26)24(31)18-10-9-15-21(16-18)30-20-13-5-4-6-14-20;2*1-3-2;2*1-2/h4-17,30H,1H2,2-3H3,(H,31,32);3-6,9-10,13-16,19H,2,7-8,11-12H2,1H3;2*3H2,1-2H3;2*1-2H3/b24-18+,29-27?;22-3-,27-25+;;;;. The first-order valence-electron chi connectivity index (χ1n) is 26.3. The molecule has 2 aromatic heterocycles. The van der Waals surface area contributed by atoms with E-state index in [1.807, 2.05) is 179 Å². The van der Waals surface area contributed by atoms with Crippen molar-refractivity contribution in [2.24, 2.45) is 20.1 Å². The van der Waals surface area contributed by atoms with Gasteiger partial charge >= 0.3 is 0 Å². The smallest absolute Gasteiger partial charge is 0.166 e. The third-order valence-corrected chi connectivity index (χ3v) is 11.4. The lowest BCUT2D eigenvalue weighted by molar-refractivity contribution is 0.292. The van der Waals surface area contributed by atoms with Gasteiger partial charge in [0.2, 0.25) is 0 Å². The van der Waals surface area contributed by atoms with E-state index in [0.717, 1.165) is 74.9 Å². The minimum absolute atomic E-state index is 0.234. The molecule has 4 aromatic carbocycles. The van der Waals surface area contributed by atoms with Crippen molar-refractivity contribution in [2.45, 2.75) is 114 Å². The summed E-state index contributed by atoms with van der Waals surface area (Å²) in [6.07, 6.45) is 15.9. The van der Waals surface area contributed by atoms with E-state index in [4.69, 9.17) is 48.1 Å². The van der Waals surface area contributed by atoms with Crippen molar-refractivity contribution in [3.05, 3.63) is 187 Å². The highest BCUT2D eigenvalue weighted by Crippen LogP contribution is 2.34. The highest BCUT2D eigenvalue weighted by molar-refractivity contribution is 7.82. The number of benzene rings is 4. The molecule has 2 aliphatic heterocycles. The highest BCUT2D eigenvalue weighted by Gasteiger charge is 2.36. The van der Waals surface area contributed by atoms with Crippen LogP contribution < -0.4 is 19.9 Å². The number of ether oxygens (including phenoxy) is 3. The molecule has 9 rings (SSSR count). The Morgan fingerprint density at radius 1 is 0.816 bits per heavy atom. The average Bonchev–Trinajstić information content (AvgIpc) is 4.28. The number of aromatic amines is 1. The Kier molecular flexibility index (Phi) is 26.2. The van der Waals surface area contributed by atoms with Crippen LogP contribution in [-0.4, -0.2) is 56.2 Å². The first kappa shape index (κ1) is 60.9.